The first-order chi connectivity index (χ1) is 33.4. The maximum atomic E-state index is 14.6. The van der Waals surface area contributed by atoms with E-state index in [1.54, 1.807) is 97.2 Å². The van der Waals surface area contributed by atoms with Crippen LogP contribution >= 0.6 is 0 Å². The molecule has 1 heterocycles. The van der Waals surface area contributed by atoms with Crippen molar-refractivity contribution in [2.45, 2.75) is 75.7 Å². The number of benzene rings is 5. The largest absolute Gasteiger partial charge is 0.480 e. The summed E-state index contributed by atoms with van der Waals surface area (Å²) in [6, 6.07) is 40.9. The summed E-state index contributed by atoms with van der Waals surface area (Å²) in [7, 11) is 0. The minimum atomic E-state index is -1.32. The molecule has 0 fully saturated rings. The fraction of sp³-hybridized carbons (Fsp3) is 0.222. The van der Waals surface area contributed by atoms with Gasteiger partial charge in [0.05, 0.1) is 0 Å². The summed E-state index contributed by atoms with van der Waals surface area (Å²) in [6.45, 7) is 1.40. The number of hydrogen-bond acceptors (Lipinski definition) is 8. The van der Waals surface area contributed by atoms with E-state index in [1.165, 1.54) is 13.1 Å². The molecule has 0 aliphatic rings. The smallest absolute Gasteiger partial charge is 0.326 e. The molecule has 6 aromatic rings. The summed E-state index contributed by atoms with van der Waals surface area (Å²) in [6.07, 6.45) is 2.64. The molecule has 5 atom stereocenters. The maximum absolute atomic E-state index is 14.6. The highest BCUT2D eigenvalue weighted by molar-refractivity contribution is 5.97. The van der Waals surface area contributed by atoms with E-state index in [0.717, 1.165) is 16.7 Å². The highest BCUT2D eigenvalue weighted by Crippen LogP contribution is 2.20. The Balaban J connectivity index is 1.22. The lowest BCUT2D eigenvalue weighted by atomic mass is 9.98. The average molecular weight is 930 g/mol. The maximum Gasteiger partial charge on any atom is 0.326 e. The third kappa shape index (κ3) is 16.1. The normalized spacial score (nSPS) is 12.9. The van der Waals surface area contributed by atoms with Gasteiger partial charge in [0, 0.05) is 56.6 Å². The van der Waals surface area contributed by atoms with Crippen molar-refractivity contribution in [2.75, 3.05) is 5.32 Å². The molecule has 1 aromatic heterocycles. The Kier molecular flexibility index (Phi) is 18.4. The van der Waals surface area contributed by atoms with Crippen molar-refractivity contribution in [3.63, 3.8) is 0 Å². The van der Waals surface area contributed by atoms with Crippen LogP contribution in [0.4, 0.5) is 5.69 Å². The number of hydrogen-bond donors (Lipinski definition) is 7. The fourth-order valence-electron chi connectivity index (χ4n) is 7.44. The number of amides is 6. The van der Waals surface area contributed by atoms with Gasteiger partial charge >= 0.3 is 5.97 Å². The molecule has 0 radical (unpaired) electrons. The molecule has 1 unspecified atom stereocenters. The highest BCUT2D eigenvalue weighted by Gasteiger charge is 2.32. The molecular formula is C54H55N7O8. The Labute approximate surface area is 400 Å². The zero-order valence-electron chi connectivity index (χ0n) is 38.0. The first-order valence-corrected chi connectivity index (χ1v) is 22.6. The molecule has 0 spiro atoms. The number of aromatic nitrogens is 1. The summed E-state index contributed by atoms with van der Waals surface area (Å²) >= 11 is 0. The number of carbonyl (C=O) groups excluding carboxylic acids is 6. The predicted molar refractivity (Wildman–Crippen MR) is 261 cm³/mol. The Bertz CT molecular complexity index is 2640. The molecule has 6 rings (SSSR count). The second-order valence-electron chi connectivity index (χ2n) is 16.5. The molecule has 0 saturated heterocycles. The molecule has 69 heavy (non-hydrogen) atoms. The van der Waals surface area contributed by atoms with Crippen LogP contribution in [0.1, 0.15) is 42.0 Å². The average Bonchev–Trinajstić information content (AvgIpc) is 3.36. The second kappa shape index (κ2) is 25.4. The van der Waals surface area contributed by atoms with Crippen LogP contribution in [0.3, 0.4) is 0 Å². The van der Waals surface area contributed by atoms with Gasteiger partial charge in [-0.3, -0.25) is 33.8 Å². The van der Waals surface area contributed by atoms with Crippen molar-refractivity contribution < 1.29 is 38.7 Å². The molecule has 6 amide bonds. The molecule has 5 aromatic carbocycles. The van der Waals surface area contributed by atoms with Gasteiger partial charge in [0.2, 0.25) is 35.4 Å². The molecule has 354 valence electrons. The SMILES string of the molecule is C[C@H](NC(=O)[C@@H](Cc1ccccc1)NC(=O)[C@H](Cc1ccc(-c2ccccc2)cc1)NC(=O)C(Cc1ccccc1)NC(=O)CCC(=O)Nc1ccccc1)C(=O)N[C@@H](Cc1cccnc1)C(=O)O. The van der Waals surface area contributed by atoms with E-state index in [4.69, 9.17) is 0 Å². The number of para-hydroxylation sites is 1. The van der Waals surface area contributed by atoms with Gasteiger partial charge in [-0.15, -0.1) is 0 Å². The minimum Gasteiger partial charge on any atom is -0.480 e. The van der Waals surface area contributed by atoms with Gasteiger partial charge in [0.25, 0.3) is 0 Å². The van der Waals surface area contributed by atoms with E-state index in [1.807, 2.05) is 66.7 Å². The van der Waals surface area contributed by atoms with Gasteiger partial charge in [-0.1, -0.05) is 140 Å². The van der Waals surface area contributed by atoms with E-state index in [-0.39, 0.29) is 44.4 Å². The van der Waals surface area contributed by atoms with Crippen molar-refractivity contribution >= 4 is 47.1 Å². The Hall–Kier alpha value is -8.46. The number of pyridine rings is 1. The van der Waals surface area contributed by atoms with Crippen LogP contribution < -0.4 is 31.9 Å². The van der Waals surface area contributed by atoms with Gasteiger partial charge in [-0.2, -0.15) is 0 Å². The van der Waals surface area contributed by atoms with Crippen LogP contribution in [0.25, 0.3) is 11.1 Å². The van der Waals surface area contributed by atoms with E-state index >= 15 is 0 Å². The number of rotatable bonds is 23. The first-order valence-electron chi connectivity index (χ1n) is 22.6. The molecular weight excluding hydrogens is 875 g/mol. The Morgan fingerprint density at radius 2 is 0.855 bits per heavy atom. The molecule has 0 aliphatic carbocycles. The third-order valence-electron chi connectivity index (χ3n) is 11.1. The van der Waals surface area contributed by atoms with Crippen LogP contribution in [0.2, 0.25) is 0 Å². The number of carboxylic acids is 1. The molecule has 0 saturated carbocycles. The van der Waals surface area contributed by atoms with Crippen molar-refractivity contribution in [2.24, 2.45) is 0 Å². The van der Waals surface area contributed by atoms with E-state index in [0.29, 0.717) is 22.4 Å². The Morgan fingerprint density at radius 1 is 0.435 bits per heavy atom. The number of anilines is 1. The predicted octanol–water partition coefficient (Wildman–Crippen LogP) is 4.97. The monoisotopic (exact) mass is 929 g/mol. The number of nitrogens with zero attached hydrogens (tertiary/aromatic N) is 1. The molecule has 15 heteroatoms. The number of nitrogens with one attached hydrogen (secondary N) is 6. The van der Waals surface area contributed by atoms with Crippen molar-refractivity contribution in [1.29, 1.82) is 0 Å². The molecule has 0 bridgehead atoms. The number of aliphatic carboxylic acids is 1. The van der Waals surface area contributed by atoms with Crippen LogP contribution in [-0.4, -0.2) is 81.7 Å². The standard InChI is InChI=1S/C54H55N7O8/c1-36(50(64)61-47(54(68)69)34-40-19-14-30-55-35-40)56-51(65)45(32-38-17-8-3-9-18-38)59-53(67)46(33-39-24-26-42(27-25-39)41-20-10-4-11-21-41)60-52(66)44(31-37-15-6-2-7-16-37)58-49(63)29-28-48(62)57-43-22-12-5-13-23-43/h2-27,30,35-36,44-47H,28-29,31-34H2,1H3,(H,56,65)(H,57,62)(H,58,63)(H,59,67)(H,60,66)(H,61,64)(H,68,69)/t36-,44?,45+,46-,47-/m0/s1. The quantitative estimate of drug-likeness (QED) is 0.0460. The topological polar surface area (TPSA) is 225 Å². The first kappa shape index (κ1) is 50.0. The Morgan fingerprint density at radius 3 is 1.38 bits per heavy atom. The lowest BCUT2D eigenvalue weighted by Crippen LogP contribution is -2.59. The van der Waals surface area contributed by atoms with Crippen LogP contribution in [0.5, 0.6) is 0 Å². The van der Waals surface area contributed by atoms with Gasteiger partial charge in [-0.05, 0) is 58.5 Å². The van der Waals surface area contributed by atoms with Crippen molar-refractivity contribution in [3.05, 3.63) is 192 Å². The van der Waals surface area contributed by atoms with Crippen molar-refractivity contribution in [3.8, 4) is 11.1 Å². The van der Waals surface area contributed by atoms with E-state index < -0.39 is 65.7 Å². The van der Waals surface area contributed by atoms with E-state index in [2.05, 4.69) is 36.9 Å². The van der Waals surface area contributed by atoms with Gasteiger partial charge < -0.3 is 37.0 Å². The summed E-state index contributed by atoms with van der Waals surface area (Å²) in [5.74, 6) is -5.14. The summed E-state index contributed by atoms with van der Waals surface area (Å²) < 4.78 is 0. The lowest BCUT2D eigenvalue weighted by molar-refractivity contribution is -0.142. The minimum absolute atomic E-state index is 0.0114. The van der Waals surface area contributed by atoms with E-state index in [9.17, 15) is 38.7 Å². The third-order valence-corrected chi connectivity index (χ3v) is 11.1. The number of carbonyl (C=O) groups is 7. The second-order valence-corrected chi connectivity index (χ2v) is 16.5. The summed E-state index contributed by atoms with van der Waals surface area (Å²) in [5, 5.41) is 26.2. The summed E-state index contributed by atoms with van der Waals surface area (Å²) in [4.78, 5) is 98.8. The van der Waals surface area contributed by atoms with Crippen LogP contribution in [0, 0.1) is 0 Å². The molecule has 7 N–H and O–H groups in total. The van der Waals surface area contributed by atoms with Gasteiger partial charge in [-0.25, -0.2) is 4.79 Å². The number of carboxylic acid groups (broad SMARTS) is 1. The van der Waals surface area contributed by atoms with Crippen molar-refractivity contribution in [1.82, 2.24) is 31.6 Å². The van der Waals surface area contributed by atoms with Crippen LogP contribution in [0.15, 0.2) is 170 Å². The fourth-order valence-corrected chi connectivity index (χ4v) is 7.44. The molecule has 0 aliphatic heterocycles. The van der Waals surface area contributed by atoms with Gasteiger partial charge in [0.1, 0.15) is 30.2 Å². The lowest BCUT2D eigenvalue weighted by Gasteiger charge is -2.26. The summed E-state index contributed by atoms with van der Waals surface area (Å²) in [5.41, 5.74) is 5.15. The van der Waals surface area contributed by atoms with Crippen LogP contribution in [-0.2, 0) is 59.2 Å². The van der Waals surface area contributed by atoms with Gasteiger partial charge in [0.15, 0.2) is 0 Å². The molecule has 15 nitrogen and oxygen atoms in total. The zero-order chi connectivity index (χ0) is 49.0. The zero-order valence-corrected chi connectivity index (χ0v) is 38.0. The highest BCUT2D eigenvalue weighted by atomic mass is 16.4.